The Morgan fingerprint density at radius 3 is 2.71 bits per heavy atom. The van der Waals surface area contributed by atoms with Gasteiger partial charge >= 0.3 is 0 Å². The largest absolute Gasteiger partial charge is 0.387 e. The average molecular weight is 296 g/mol. The number of hydrogen-bond donors (Lipinski definition) is 1. The Kier molecular flexibility index (Phi) is 3.82. The molecule has 90 valence electrons. The Morgan fingerprint density at radius 2 is 2.12 bits per heavy atom. The molecule has 1 aromatic carbocycles. The van der Waals surface area contributed by atoms with Crippen LogP contribution in [0.15, 0.2) is 28.7 Å². The van der Waals surface area contributed by atoms with Gasteiger partial charge in [0.2, 0.25) is 0 Å². The van der Waals surface area contributed by atoms with Gasteiger partial charge in [0.15, 0.2) is 0 Å². The van der Waals surface area contributed by atoms with E-state index in [2.05, 4.69) is 22.0 Å². The standard InChI is InChI=1S/C13H14BrNO2/c14-11-3-1-2-10(8-11)12(16)13(9-15)4-6-17-7-5-13/h1-3,8,12,16H,4-7H2. The van der Waals surface area contributed by atoms with Crippen molar-refractivity contribution < 1.29 is 9.84 Å². The molecule has 1 aliphatic rings. The summed E-state index contributed by atoms with van der Waals surface area (Å²) < 4.78 is 6.18. The number of nitriles is 1. The zero-order chi connectivity index (χ0) is 12.3. The molecule has 2 rings (SSSR count). The highest BCUT2D eigenvalue weighted by molar-refractivity contribution is 9.10. The Hall–Kier alpha value is -0.890. The quantitative estimate of drug-likeness (QED) is 0.913. The van der Waals surface area contributed by atoms with Crippen LogP contribution < -0.4 is 0 Å². The van der Waals surface area contributed by atoms with Crippen molar-refractivity contribution in [1.29, 1.82) is 5.26 Å². The monoisotopic (exact) mass is 295 g/mol. The summed E-state index contributed by atoms with van der Waals surface area (Å²) in [5, 5.41) is 19.8. The molecule has 0 amide bonds. The highest BCUT2D eigenvalue weighted by Crippen LogP contribution is 2.42. The molecule has 1 atom stereocenters. The Bertz CT molecular complexity index is 435. The van der Waals surface area contributed by atoms with Crippen LogP contribution in [-0.4, -0.2) is 18.3 Å². The summed E-state index contributed by atoms with van der Waals surface area (Å²) in [5.41, 5.74) is 0.0711. The van der Waals surface area contributed by atoms with Crippen molar-refractivity contribution in [1.82, 2.24) is 0 Å². The fraction of sp³-hybridized carbons (Fsp3) is 0.462. The molecule has 1 heterocycles. The first-order valence-electron chi connectivity index (χ1n) is 5.60. The van der Waals surface area contributed by atoms with Crippen LogP contribution in [0, 0.1) is 16.7 Å². The minimum Gasteiger partial charge on any atom is -0.387 e. The van der Waals surface area contributed by atoms with Gasteiger partial charge in [0.25, 0.3) is 0 Å². The van der Waals surface area contributed by atoms with Crippen molar-refractivity contribution in [3.63, 3.8) is 0 Å². The lowest BCUT2D eigenvalue weighted by Gasteiger charge is -2.35. The molecule has 1 aromatic rings. The number of halogens is 1. The van der Waals surface area contributed by atoms with Gasteiger partial charge in [0.05, 0.1) is 17.6 Å². The third-order valence-electron chi connectivity index (χ3n) is 3.30. The van der Waals surface area contributed by atoms with Crippen LogP contribution >= 0.6 is 15.9 Å². The van der Waals surface area contributed by atoms with E-state index in [1.807, 2.05) is 24.3 Å². The minimum absolute atomic E-state index is 0.540. The molecule has 0 radical (unpaired) electrons. The second kappa shape index (κ2) is 5.18. The van der Waals surface area contributed by atoms with Gasteiger partial charge in [0.1, 0.15) is 0 Å². The number of aliphatic hydroxyl groups excluding tert-OH is 1. The molecule has 0 aromatic heterocycles. The van der Waals surface area contributed by atoms with Gasteiger partial charge in [-0.15, -0.1) is 0 Å². The van der Waals surface area contributed by atoms with Crippen LogP contribution in [0.4, 0.5) is 0 Å². The smallest absolute Gasteiger partial charge is 0.0978 e. The Balaban J connectivity index is 2.29. The summed E-state index contributed by atoms with van der Waals surface area (Å²) in [5.74, 6) is 0. The van der Waals surface area contributed by atoms with Crippen LogP contribution in [0.25, 0.3) is 0 Å². The topological polar surface area (TPSA) is 53.2 Å². The van der Waals surface area contributed by atoms with Crippen LogP contribution in [0.5, 0.6) is 0 Å². The normalized spacial score (nSPS) is 20.5. The molecular weight excluding hydrogens is 282 g/mol. The molecule has 0 saturated carbocycles. The van der Waals surface area contributed by atoms with Gasteiger partial charge in [-0.1, -0.05) is 28.1 Å². The fourth-order valence-corrected chi connectivity index (χ4v) is 2.59. The average Bonchev–Trinajstić information content (AvgIpc) is 2.38. The molecule has 1 unspecified atom stereocenters. The second-order valence-corrected chi connectivity index (χ2v) is 5.25. The number of nitrogens with zero attached hydrogens (tertiary/aromatic N) is 1. The fourth-order valence-electron chi connectivity index (χ4n) is 2.18. The lowest BCUT2D eigenvalue weighted by atomic mass is 9.74. The summed E-state index contributed by atoms with van der Waals surface area (Å²) in [6.45, 7) is 1.08. The summed E-state index contributed by atoms with van der Waals surface area (Å²) in [7, 11) is 0. The molecule has 1 N–H and O–H groups in total. The van der Waals surface area contributed by atoms with E-state index in [1.165, 1.54) is 0 Å². The third kappa shape index (κ3) is 2.52. The van der Waals surface area contributed by atoms with Crippen LogP contribution in [0.3, 0.4) is 0 Å². The number of aliphatic hydroxyl groups is 1. The summed E-state index contributed by atoms with van der Waals surface area (Å²) in [6, 6.07) is 9.77. The van der Waals surface area contributed by atoms with Crippen molar-refractivity contribution in [3.8, 4) is 6.07 Å². The molecule has 0 aliphatic carbocycles. The van der Waals surface area contributed by atoms with E-state index in [-0.39, 0.29) is 0 Å². The van der Waals surface area contributed by atoms with Gasteiger partial charge in [-0.3, -0.25) is 0 Å². The lowest BCUT2D eigenvalue weighted by molar-refractivity contribution is -0.0310. The second-order valence-electron chi connectivity index (χ2n) is 4.34. The molecule has 1 saturated heterocycles. The zero-order valence-electron chi connectivity index (χ0n) is 9.40. The first kappa shape index (κ1) is 12.6. The molecule has 0 bridgehead atoms. The Morgan fingerprint density at radius 1 is 1.41 bits per heavy atom. The lowest BCUT2D eigenvalue weighted by Crippen LogP contribution is -2.34. The SMILES string of the molecule is N#CC1(C(O)c2cccc(Br)c2)CCOCC1. The number of hydrogen-bond acceptors (Lipinski definition) is 3. The third-order valence-corrected chi connectivity index (χ3v) is 3.79. The predicted molar refractivity (Wildman–Crippen MR) is 67.2 cm³/mol. The van der Waals surface area contributed by atoms with E-state index in [0.717, 1.165) is 10.0 Å². The highest BCUT2D eigenvalue weighted by Gasteiger charge is 2.40. The molecule has 0 spiro atoms. The van der Waals surface area contributed by atoms with E-state index in [4.69, 9.17) is 4.74 Å². The van der Waals surface area contributed by atoms with Gasteiger partial charge in [0, 0.05) is 17.7 Å². The number of rotatable bonds is 2. The zero-order valence-corrected chi connectivity index (χ0v) is 11.0. The molecule has 17 heavy (non-hydrogen) atoms. The summed E-state index contributed by atoms with van der Waals surface area (Å²) >= 11 is 3.38. The van der Waals surface area contributed by atoms with Crippen LogP contribution in [-0.2, 0) is 4.74 Å². The minimum atomic E-state index is -0.756. The maximum Gasteiger partial charge on any atom is 0.0978 e. The maximum absolute atomic E-state index is 10.4. The predicted octanol–water partition coefficient (Wildman–Crippen LogP) is 2.80. The van der Waals surface area contributed by atoms with Gasteiger partial charge < -0.3 is 9.84 Å². The first-order chi connectivity index (χ1) is 8.18. The Labute approximate surface area is 109 Å². The van der Waals surface area contributed by atoms with E-state index >= 15 is 0 Å². The molecular formula is C13H14BrNO2. The van der Waals surface area contributed by atoms with Crippen molar-refractivity contribution >= 4 is 15.9 Å². The van der Waals surface area contributed by atoms with Gasteiger partial charge in [-0.2, -0.15) is 5.26 Å². The van der Waals surface area contributed by atoms with Crippen molar-refractivity contribution in [2.45, 2.75) is 18.9 Å². The van der Waals surface area contributed by atoms with E-state index < -0.39 is 11.5 Å². The van der Waals surface area contributed by atoms with Gasteiger partial charge in [-0.05, 0) is 30.5 Å². The maximum atomic E-state index is 10.4. The van der Waals surface area contributed by atoms with E-state index in [0.29, 0.717) is 26.1 Å². The van der Waals surface area contributed by atoms with Crippen molar-refractivity contribution in [2.75, 3.05) is 13.2 Å². The van der Waals surface area contributed by atoms with Crippen LogP contribution in [0.1, 0.15) is 24.5 Å². The first-order valence-corrected chi connectivity index (χ1v) is 6.40. The number of ether oxygens (including phenoxy) is 1. The highest BCUT2D eigenvalue weighted by atomic mass is 79.9. The summed E-state index contributed by atoms with van der Waals surface area (Å²) in [6.07, 6.45) is 0.405. The molecule has 4 heteroatoms. The summed E-state index contributed by atoms with van der Waals surface area (Å²) in [4.78, 5) is 0. The molecule has 1 fully saturated rings. The van der Waals surface area contributed by atoms with Crippen LogP contribution in [0.2, 0.25) is 0 Å². The van der Waals surface area contributed by atoms with Gasteiger partial charge in [-0.25, -0.2) is 0 Å². The van der Waals surface area contributed by atoms with E-state index in [1.54, 1.807) is 0 Å². The van der Waals surface area contributed by atoms with E-state index in [9.17, 15) is 10.4 Å². The number of benzene rings is 1. The van der Waals surface area contributed by atoms with Crippen molar-refractivity contribution in [2.24, 2.45) is 5.41 Å². The molecule has 3 nitrogen and oxygen atoms in total. The van der Waals surface area contributed by atoms with Crippen molar-refractivity contribution in [3.05, 3.63) is 34.3 Å². The molecule has 1 aliphatic heterocycles.